The van der Waals surface area contributed by atoms with Gasteiger partial charge in [0.25, 0.3) is 5.56 Å². The van der Waals surface area contributed by atoms with Crippen LogP contribution in [0.3, 0.4) is 0 Å². The van der Waals surface area contributed by atoms with Gasteiger partial charge in [0.05, 0.1) is 16.8 Å². The molecule has 0 saturated carbocycles. The Balaban J connectivity index is 1.67. The quantitative estimate of drug-likeness (QED) is 0.288. The van der Waals surface area contributed by atoms with Gasteiger partial charge in [-0.2, -0.15) is 0 Å². The number of thioether (sulfide) groups is 1. The van der Waals surface area contributed by atoms with Gasteiger partial charge in [-0.1, -0.05) is 17.8 Å². The van der Waals surface area contributed by atoms with Gasteiger partial charge >= 0.3 is 0 Å². The van der Waals surface area contributed by atoms with E-state index in [1.807, 2.05) is 42.2 Å². The van der Waals surface area contributed by atoms with E-state index in [1.165, 1.54) is 27.7 Å². The van der Waals surface area contributed by atoms with Crippen molar-refractivity contribution < 1.29 is 4.79 Å². The molecule has 0 spiro atoms. The van der Waals surface area contributed by atoms with Crippen LogP contribution < -0.4 is 5.56 Å². The first-order valence-corrected chi connectivity index (χ1v) is 10.6. The average molecular weight is 402 g/mol. The minimum atomic E-state index is -0.0755. The molecule has 26 heavy (non-hydrogen) atoms. The second-order valence-electron chi connectivity index (χ2n) is 5.78. The van der Waals surface area contributed by atoms with Crippen molar-refractivity contribution in [1.29, 1.82) is 0 Å². The molecular weight excluding hydrogens is 386 g/mol. The van der Waals surface area contributed by atoms with Gasteiger partial charge in [0.15, 0.2) is 10.9 Å². The van der Waals surface area contributed by atoms with Crippen LogP contribution in [0.2, 0.25) is 0 Å². The highest BCUT2D eigenvalue weighted by atomic mass is 32.2. The summed E-state index contributed by atoms with van der Waals surface area (Å²) in [6.45, 7) is 0. The van der Waals surface area contributed by atoms with E-state index in [4.69, 9.17) is 0 Å². The average Bonchev–Trinajstić information content (AvgIpc) is 3.36. The predicted octanol–water partition coefficient (Wildman–Crippen LogP) is 4.04. The van der Waals surface area contributed by atoms with Gasteiger partial charge in [0.2, 0.25) is 0 Å². The summed E-state index contributed by atoms with van der Waals surface area (Å²) in [6, 6.07) is 7.62. The van der Waals surface area contributed by atoms with Crippen LogP contribution in [0.1, 0.15) is 10.5 Å². The predicted molar refractivity (Wildman–Crippen MR) is 109 cm³/mol. The number of rotatable bonds is 5. The van der Waals surface area contributed by atoms with Gasteiger partial charge in [0, 0.05) is 36.1 Å². The van der Waals surface area contributed by atoms with Crippen LogP contribution in [-0.4, -0.2) is 25.7 Å². The van der Waals surface area contributed by atoms with Crippen LogP contribution >= 0.6 is 34.4 Å². The second kappa shape index (κ2) is 6.86. The molecule has 0 bridgehead atoms. The van der Waals surface area contributed by atoms with Crippen molar-refractivity contribution in [2.24, 2.45) is 14.1 Å². The highest BCUT2D eigenvalue weighted by molar-refractivity contribution is 7.99. The number of aromatic nitrogens is 3. The zero-order chi connectivity index (χ0) is 18.3. The molecule has 0 saturated heterocycles. The lowest BCUT2D eigenvalue weighted by Crippen LogP contribution is -2.20. The van der Waals surface area contributed by atoms with E-state index in [-0.39, 0.29) is 17.1 Å². The Bertz CT molecular complexity index is 1150. The number of hydrogen-bond donors (Lipinski definition) is 0. The number of Topliss-reactive ketones (excluding diaryl/α,β-unsaturated/α-hetero) is 1. The largest absolute Gasteiger partial charge is 0.348 e. The molecule has 8 heteroatoms. The third kappa shape index (κ3) is 2.94. The Labute approximate surface area is 161 Å². The van der Waals surface area contributed by atoms with E-state index >= 15 is 0 Å². The molecule has 0 amide bonds. The van der Waals surface area contributed by atoms with Crippen molar-refractivity contribution in [2.75, 3.05) is 5.75 Å². The van der Waals surface area contributed by atoms with Gasteiger partial charge in [-0.15, -0.1) is 22.7 Å². The van der Waals surface area contributed by atoms with Crippen LogP contribution in [0.25, 0.3) is 20.7 Å². The molecule has 0 aromatic carbocycles. The Hall–Kier alpha value is -2.16. The number of carbonyl (C=O) groups excluding carboxylic acids is 1. The van der Waals surface area contributed by atoms with Crippen LogP contribution in [0.15, 0.2) is 51.2 Å². The topological polar surface area (TPSA) is 56.9 Å². The minimum Gasteiger partial charge on any atom is -0.348 e. The Kier molecular flexibility index (Phi) is 4.56. The molecule has 132 valence electrons. The van der Waals surface area contributed by atoms with E-state index in [0.29, 0.717) is 21.1 Å². The van der Waals surface area contributed by atoms with Crippen molar-refractivity contribution in [3.63, 3.8) is 0 Å². The molecule has 0 aliphatic heterocycles. The summed E-state index contributed by atoms with van der Waals surface area (Å²) in [5.41, 5.74) is 1.51. The third-order valence-corrected chi connectivity index (χ3v) is 6.93. The summed E-state index contributed by atoms with van der Waals surface area (Å²) in [7, 11) is 3.55. The zero-order valence-corrected chi connectivity index (χ0v) is 16.6. The number of fused-ring (bicyclic) bond motifs is 1. The third-order valence-electron chi connectivity index (χ3n) is 4.12. The molecule has 0 aliphatic carbocycles. The smallest absolute Gasteiger partial charge is 0.263 e. The molecule has 5 nitrogen and oxygen atoms in total. The fraction of sp³-hybridized carbons (Fsp3) is 0.167. The highest BCUT2D eigenvalue weighted by Gasteiger charge is 2.17. The van der Waals surface area contributed by atoms with Gasteiger partial charge in [0.1, 0.15) is 4.83 Å². The lowest BCUT2D eigenvalue weighted by atomic mass is 10.2. The van der Waals surface area contributed by atoms with E-state index < -0.39 is 0 Å². The van der Waals surface area contributed by atoms with Gasteiger partial charge in [-0.05, 0) is 23.6 Å². The minimum absolute atomic E-state index is 0.0160. The summed E-state index contributed by atoms with van der Waals surface area (Å²) in [5, 5.41) is 5.19. The first-order valence-electron chi connectivity index (χ1n) is 7.85. The van der Waals surface area contributed by atoms with Gasteiger partial charge in [-0.25, -0.2) is 4.98 Å². The fourth-order valence-electron chi connectivity index (χ4n) is 2.75. The van der Waals surface area contributed by atoms with Crippen LogP contribution in [-0.2, 0) is 14.1 Å². The number of hydrogen-bond acceptors (Lipinski definition) is 6. The zero-order valence-electron chi connectivity index (χ0n) is 14.1. The molecule has 0 N–H and O–H groups in total. The summed E-state index contributed by atoms with van der Waals surface area (Å²) in [6.07, 6.45) is 1.84. The number of carbonyl (C=O) groups is 1. The summed E-state index contributed by atoms with van der Waals surface area (Å²) >= 11 is 4.37. The maximum atomic E-state index is 12.9. The molecule has 4 aromatic rings. The Morgan fingerprint density at radius 2 is 2.08 bits per heavy atom. The van der Waals surface area contributed by atoms with Crippen molar-refractivity contribution in [3.8, 4) is 10.4 Å². The summed E-state index contributed by atoms with van der Waals surface area (Å²) in [4.78, 5) is 31.7. The van der Waals surface area contributed by atoms with Crippen molar-refractivity contribution in [1.82, 2.24) is 14.1 Å². The molecular formula is C18H15N3O2S3. The maximum absolute atomic E-state index is 12.9. The number of nitrogens with zero attached hydrogens (tertiary/aromatic N) is 3. The van der Waals surface area contributed by atoms with Crippen molar-refractivity contribution >= 4 is 50.4 Å². The molecule has 4 aromatic heterocycles. The molecule has 0 unspecified atom stereocenters. The van der Waals surface area contributed by atoms with Gasteiger partial charge < -0.3 is 4.57 Å². The number of ketones is 1. The van der Waals surface area contributed by atoms with Crippen molar-refractivity contribution in [2.45, 2.75) is 5.16 Å². The molecule has 4 rings (SSSR count). The van der Waals surface area contributed by atoms with E-state index in [0.717, 1.165) is 10.4 Å². The molecule has 0 aliphatic rings. The van der Waals surface area contributed by atoms with Crippen LogP contribution in [0.4, 0.5) is 0 Å². The van der Waals surface area contributed by atoms with E-state index in [2.05, 4.69) is 4.98 Å². The van der Waals surface area contributed by atoms with Crippen LogP contribution in [0, 0.1) is 0 Å². The first-order chi connectivity index (χ1) is 12.6. The lowest BCUT2D eigenvalue weighted by molar-refractivity contribution is 0.101. The standard InChI is InChI=1S/C18H15N3O2S3/c1-20-7-3-5-12(20)13(22)10-26-18-19-16-15(17(23)21(18)2)11(9-25-16)14-6-4-8-24-14/h3-9H,10H2,1-2H3. The van der Waals surface area contributed by atoms with Crippen molar-refractivity contribution in [3.05, 3.63) is 57.3 Å². The maximum Gasteiger partial charge on any atom is 0.263 e. The van der Waals surface area contributed by atoms with Crippen LogP contribution in [0.5, 0.6) is 0 Å². The Morgan fingerprint density at radius 3 is 2.77 bits per heavy atom. The van der Waals surface area contributed by atoms with E-state index in [9.17, 15) is 9.59 Å². The molecule has 0 fully saturated rings. The number of aryl methyl sites for hydroxylation is 1. The second-order valence-corrected chi connectivity index (χ2v) is 8.53. The summed E-state index contributed by atoms with van der Waals surface area (Å²) < 4.78 is 3.33. The Morgan fingerprint density at radius 1 is 1.23 bits per heavy atom. The SMILES string of the molecule is Cn1cccc1C(=O)CSc1nc2scc(-c3cccs3)c2c(=O)n1C. The fourth-order valence-corrected chi connectivity index (χ4v) is 5.40. The normalized spacial score (nSPS) is 11.3. The highest BCUT2D eigenvalue weighted by Crippen LogP contribution is 2.34. The molecule has 0 radical (unpaired) electrons. The first kappa shape index (κ1) is 17.3. The van der Waals surface area contributed by atoms with Gasteiger partial charge in [-0.3, -0.25) is 14.2 Å². The summed E-state index contributed by atoms with van der Waals surface area (Å²) in [5.74, 6) is 0.259. The van der Waals surface area contributed by atoms with E-state index in [1.54, 1.807) is 29.0 Å². The monoisotopic (exact) mass is 401 g/mol. The molecule has 0 atom stereocenters. The number of thiophene rings is 2. The molecule has 4 heterocycles. The lowest BCUT2D eigenvalue weighted by Gasteiger charge is -2.07.